The topological polar surface area (TPSA) is 61.8 Å². The van der Waals surface area contributed by atoms with Crippen molar-refractivity contribution in [2.24, 2.45) is 5.92 Å². The van der Waals surface area contributed by atoms with Gasteiger partial charge in [-0.05, 0) is 26.7 Å². The zero-order valence-corrected chi connectivity index (χ0v) is 11.4. The average Bonchev–Trinajstić information content (AvgIpc) is 2.72. The van der Waals surface area contributed by atoms with E-state index in [2.05, 4.69) is 0 Å². The van der Waals surface area contributed by atoms with Crippen LogP contribution in [0.5, 0.6) is 0 Å². The lowest BCUT2D eigenvalue weighted by atomic mass is 10.00. The lowest BCUT2D eigenvalue weighted by molar-refractivity contribution is -0.163. The van der Waals surface area contributed by atoms with E-state index < -0.39 is 17.9 Å². The Balaban J connectivity index is 2.64. The minimum Gasteiger partial charge on any atom is -0.465 e. The van der Waals surface area contributed by atoms with Crippen LogP contribution < -0.4 is 0 Å². The van der Waals surface area contributed by atoms with Gasteiger partial charge in [0.05, 0.1) is 24.7 Å². The number of hydrogen-bond donors (Lipinski definition) is 0. The third-order valence-electron chi connectivity index (χ3n) is 2.74. The van der Waals surface area contributed by atoms with Gasteiger partial charge in [-0.2, -0.15) is 0 Å². The predicted octanol–water partition coefficient (Wildman–Crippen LogP) is 1.52. The number of carbonyl (C=O) groups excluding carboxylic acids is 2. The summed E-state index contributed by atoms with van der Waals surface area (Å²) in [6, 6.07) is 0. The molecule has 2 unspecified atom stereocenters. The molecule has 0 radical (unpaired) electrons. The zero-order chi connectivity index (χ0) is 13.5. The first-order chi connectivity index (χ1) is 8.60. The van der Waals surface area contributed by atoms with Gasteiger partial charge in [0.25, 0.3) is 0 Å². The van der Waals surface area contributed by atoms with E-state index in [0.29, 0.717) is 6.61 Å². The Bertz CT molecular complexity index is 276. The van der Waals surface area contributed by atoms with Crippen LogP contribution in [0.15, 0.2) is 0 Å². The van der Waals surface area contributed by atoms with Crippen LogP contribution in [0, 0.1) is 5.92 Å². The summed E-state index contributed by atoms with van der Waals surface area (Å²) in [7, 11) is 0. The SMILES string of the molecule is CCOC(=O)C(CC1OCCC1Cl)C(=O)OCC. The molecular weight excluding hydrogens is 260 g/mol. The second-order valence-electron chi connectivity index (χ2n) is 4.01. The highest BCUT2D eigenvalue weighted by molar-refractivity contribution is 6.21. The molecule has 1 rings (SSSR count). The van der Waals surface area contributed by atoms with Crippen molar-refractivity contribution in [3.63, 3.8) is 0 Å². The van der Waals surface area contributed by atoms with E-state index >= 15 is 0 Å². The summed E-state index contributed by atoms with van der Waals surface area (Å²) in [6.07, 6.45) is 0.640. The molecule has 0 aromatic rings. The van der Waals surface area contributed by atoms with E-state index in [1.807, 2.05) is 0 Å². The highest BCUT2D eigenvalue weighted by Crippen LogP contribution is 2.26. The van der Waals surface area contributed by atoms with E-state index in [9.17, 15) is 9.59 Å². The van der Waals surface area contributed by atoms with Crippen molar-refractivity contribution in [1.29, 1.82) is 0 Å². The minimum absolute atomic E-state index is 0.170. The molecule has 1 aliphatic heterocycles. The maximum Gasteiger partial charge on any atom is 0.320 e. The molecule has 1 aliphatic rings. The maximum absolute atomic E-state index is 11.7. The molecule has 0 bridgehead atoms. The molecule has 6 heteroatoms. The van der Waals surface area contributed by atoms with E-state index in [1.54, 1.807) is 13.8 Å². The Morgan fingerprint density at radius 2 is 1.83 bits per heavy atom. The number of alkyl halides is 1. The maximum atomic E-state index is 11.7. The fourth-order valence-corrected chi connectivity index (χ4v) is 2.11. The molecule has 0 aromatic heterocycles. The van der Waals surface area contributed by atoms with Crippen molar-refractivity contribution in [3.05, 3.63) is 0 Å². The van der Waals surface area contributed by atoms with Gasteiger partial charge in [-0.25, -0.2) is 0 Å². The summed E-state index contributed by atoms with van der Waals surface area (Å²) >= 11 is 6.06. The molecule has 0 aromatic carbocycles. The van der Waals surface area contributed by atoms with Crippen molar-refractivity contribution >= 4 is 23.5 Å². The Morgan fingerprint density at radius 3 is 2.22 bits per heavy atom. The molecule has 2 atom stereocenters. The lowest BCUT2D eigenvalue weighted by Crippen LogP contribution is -2.33. The van der Waals surface area contributed by atoms with E-state index in [4.69, 9.17) is 25.8 Å². The number of esters is 2. The molecule has 1 fully saturated rings. The summed E-state index contributed by atoms with van der Waals surface area (Å²) in [5.74, 6) is -2.10. The number of rotatable bonds is 6. The van der Waals surface area contributed by atoms with Crippen molar-refractivity contribution in [2.75, 3.05) is 19.8 Å². The summed E-state index contributed by atoms with van der Waals surface area (Å²) in [6.45, 7) is 4.39. The van der Waals surface area contributed by atoms with Crippen molar-refractivity contribution in [3.8, 4) is 0 Å². The van der Waals surface area contributed by atoms with Crippen LogP contribution in [0.1, 0.15) is 26.7 Å². The third-order valence-corrected chi connectivity index (χ3v) is 3.24. The number of ether oxygens (including phenoxy) is 3. The molecule has 0 N–H and O–H groups in total. The number of carbonyl (C=O) groups is 2. The van der Waals surface area contributed by atoms with Gasteiger partial charge in [-0.3, -0.25) is 9.59 Å². The summed E-state index contributed by atoms with van der Waals surface area (Å²) in [5.41, 5.74) is 0. The zero-order valence-electron chi connectivity index (χ0n) is 10.7. The van der Waals surface area contributed by atoms with Crippen molar-refractivity contribution in [1.82, 2.24) is 0 Å². The molecule has 1 heterocycles. The van der Waals surface area contributed by atoms with Gasteiger partial charge in [0, 0.05) is 6.61 Å². The van der Waals surface area contributed by atoms with Gasteiger partial charge in [0.1, 0.15) is 0 Å². The van der Waals surface area contributed by atoms with Crippen LogP contribution in [0.2, 0.25) is 0 Å². The lowest BCUT2D eigenvalue weighted by Gasteiger charge is -2.19. The highest BCUT2D eigenvalue weighted by atomic mass is 35.5. The first kappa shape index (κ1) is 15.2. The first-order valence-corrected chi connectivity index (χ1v) is 6.62. The van der Waals surface area contributed by atoms with Gasteiger partial charge in [-0.1, -0.05) is 0 Å². The molecule has 5 nitrogen and oxygen atoms in total. The largest absolute Gasteiger partial charge is 0.465 e. The van der Waals surface area contributed by atoms with Crippen molar-refractivity contribution < 1.29 is 23.8 Å². The molecular formula is C12H19ClO5. The summed E-state index contributed by atoms with van der Waals surface area (Å²) in [5, 5.41) is -0.170. The minimum atomic E-state index is -0.950. The fourth-order valence-electron chi connectivity index (χ4n) is 1.84. The number of hydrogen-bond acceptors (Lipinski definition) is 5. The molecule has 1 saturated heterocycles. The van der Waals surface area contributed by atoms with Gasteiger partial charge in [-0.15, -0.1) is 11.6 Å². The van der Waals surface area contributed by atoms with Crippen LogP contribution in [-0.4, -0.2) is 43.2 Å². The van der Waals surface area contributed by atoms with Gasteiger partial charge < -0.3 is 14.2 Å². The Kier molecular flexibility index (Phi) is 6.43. The van der Waals surface area contributed by atoms with Crippen LogP contribution in [0.25, 0.3) is 0 Å². The Hall–Kier alpha value is -0.810. The summed E-state index contributed by atoms with van der Waals surface area (Å²) in [4.78, 5) is 23.5. The second-order valence-corrected chi connectivity index (χ2v) is 4.57. The van der Waals surface area contributed by atoms with Crippen LogP contribution in [-0.2, 0) is 23.8 Å². The molecule has 18 heavy (non-hydrogen) atoms. The average molecular weight is 279 g/mol. The monoisotopic (exact) mass is 278 g/mol. The van der Waals surface area contributed by atoms with Crippen LogP contribution in [0.3, 0.4) is 0 Å². The van der Waals surface area contributed by atoms with Gasteiger partial charge >= 0.3 is 11.9 Å². The quantitative estimate of drug-likeness (QED) is 0.419. The normalized spacial score (nSPS) is 23.1. The van der Waals surface area contributed by atoms with Gasteiger partial charge in [0.15, 0.2) is 5.92 Å². The summed E-state index contributed by atoms with van der Waals surface area (Å²) < 4.78 is 15.2. The van der Waals surface area contributed by atoms with Crippen molar-refractivity contribution in [2.45, 2.75) is 38.2 Å². The smallest absolute Gasteiger partial charge is 0.320 e. The molecule has 0 aliphatic carbocycles. The highest BCUT2D eigenvalue weighted by Gasteiger charge is 2.37. The van der Waals surface area contributed by atoms with Gasteiger partial charge in [0.2, 0.25) is 0 Å². The Morgan fingerprint density at radius 1 is 1.28 bits per heavy atom. The second kappa shape index (κ2) is 7.59. The number of halogens is 1. The molecule has 0 spiro atoms. The molecule has 0 amide bonds. The van der Waals surface area contributed by atoms with Crippen LogP contribution in [0.4, 0.5) is 0 Å². The molecule has 0 saturated carbocycles. The standard InChI is InChI=1S/C12H19ClO5/c1-3-16-11(14)8(12(15)17-4-2)7-10-9(13)5-6-18-10/h8-10H,3-7H2,1-2H3. The van der Waals surface area contributed by atoms with E-state index in [1.165, 1.54) is 0 Å². The van der Waals surface area contributed by atoms with E-state index in [0.717, 1.165) is 6.42 Å². The fraction of sp³-hybridized carbons (Fsp3) is 0.833. The predicted molar refractivity (Wildman–Crippen MR) is 65.4 cm³/mol. The molecule has 104 valence electrons. The van der Waals surface area contributed by atoms with E-state index in [-0.39, 0.29) is 31.1 Å². The first-order valence-electron chi connectivity index (χ1n) is 6.19. The Labute approximate surface area is 112 Å². The van der Waals surface area contributed by atoms with Crippen LogP contribution >= 0.6 is 11.6 Å². The third kappa shape index (κ3) is 4.14.